The summed E-state index contributed by atoms with van der Waals surface area (Å²) in [5.74, 6) is 3.21. The number of phosphoric acid groups is 1. The molecule has 0 unspecified atom stereocenters. The van der Waals surface area contributed by atoms with Gasteiger partial charge >= 0.3 is 19.6 Å². The Morgan fingerprint density at radius 3 is 2.35 bits per heavy atom. The number of hydrogen-bond acceptors (Lipinski definition) is 11. The molecule has 9 N–H and O–H groups in total. The highest BCUT2D eigenvalue weighted by atomic mass is 35.5. The maximum absolute atomic E-state index is 12.4. The predicted molar refractivity (Wildman–Crippen MR) is 186 cm³/mol. The third-order valence-corrected chi connectivity index (χ3v) is 10.8. The van der Waals surface area contributed by atoms with Crippen LogP contribution in [0.5, 0.6) is 5.75 Å². The number of rotatable bonds is 7. The van der Waals surface area contributed by atoms with Crippen LogP contribution in [0.4, 0.5) is 10.6 Å². The van der Waals surface area contributed by atoms with Crippen molar-refractivity contribution in [3.05, 3.63) is 52.1 Å². The lowest BCUT2D eigenvalue weighted by atomic mass is 9.55. The van der Waals surface area contributed by atoms with Gasteiger partial charge in [-0.3, -0.25) is 4.57 Å². The lowest BCUT2D eigenvalue weighted by Crippen LogP contribution is -2.43. The highest BCUT2D eigenvalue weighted by Crippen LogP contribution is 2.61. The van der Waals surface area contributed by atoms with E-state index < -0.39 is 50.8 Å². The van der Waals surface area contributed by atoms with E-state index in [1.165, 1.54) is 23.4 Å². The van der Waals surface area contributed by atoms with E-state index in [9.17, 15) is 24.9 Å². The first-order valence-electron chi connectivity index (χ1n) is 16.7. The Morgan fingerprint density at radius 2 is 1.76 bits per heavy atom. The molecule has 1 saturated heterocycles. The zero-order valence-electron chi connectivity index (χ0n) is 28.1. The highest BCUT2D eigenvalue weighted by molar-refractivity contribution is 7.45. The smallest absolute Gasteiger partial charge is 0.410 e. The number of benzene rings is 1. The van der Waals surface area contributed by atoms with Gasteiger partial charge in [-0.15, -0.1) is 23.2 Å². The summed E-state index contributed by atoms with van der Waals surface area (Å²) in [5, 5.41) is 38.7. The zero-order valence-corrected chi connectivity index (χ0v) is 30.5. The van der Waals surface area contributed by atoms with Crippen LogP contribution in [0.15, 0.2) is 35.3 Å². The fourth-order valence-electron chi connectivity index (χ4n) is 7.99. The van der Waals surface area contributed by atoms with Crippen LogP contribution in [0, 0.1) is 17.3 Å². The quantitative estimate of drug-likeness (QED) is 0.147. The molecule has 1 aromatic heterocycles. The number of nitrogen functional groups attached to an aromatic ring is 1. The van der Waals surface area contributed by atoms with E-state index in [1.54, 1.807) is 4.90 Å². The van der Waals surface area contributed by atoms with E-state index >= 15 is 0 Å². The molecule has 2 aromatic rings. The molecule has 4 aliphatic rings. The summed E-state index contributed by atoms with van der Waals surface area (Å²) in [7, 11) is -4.64. The Kier molecular flexibility index (Phi) is 14.3. The molecule has 3 fully saturated rings. The minimum Gasteiger partial charge on any atom is -0.410 e. The van der Waals surface area contributed by atoms with Gasteiger partial charge in [0.25, 0.3) is 0 Å². The van der Waals surface area contributed by atoms with Gasteiger partial charge < -0.3 is 55.2 Å². The Hall–Kier alpha value is -2.34. The van der Waals surface area contributed by atoms with Crippen LogP contribution in [0.25, 0.3) is 0 Å². The minimum absolute atomic E-state index is 0.0537. The van der Waals surface area contributed by atoms with Crippen molar-refractivity contribution in [3.63, 3.8) is 0 Å². The number of amides is 1. The van der Waals surface area contributed by atoms with Gasteiger partial charge in [0.15, 0.2) is 6.23 Å². The average molecular weight is 782 g/mol. The molecule has 286 valence electrons. The first-order valence-corrected chi connectivity index (χ1v) is 19.3. The van der Waals surface area contributed by atoms with Gasteiger partial charge in [0.05, 0.1) is 12.7 Å². The fraction of sp³-hybridized carbons (Fsp3) is 0.656. The van der Waals surface area contributed by atoms with Crippen molar-refractivity contribution >= 4 is 42.9 Å². The molecule has 0 bridgehead atoms. The SMILES string of the molecule is C[C@]12CC[C@@H]3c4ccc(OC(=O)N(CCCl)CCCl)cc4CC[C@H]3[C@@H]1CC[C@@H]2O.Nc1ccn([C@@H]2O[C@H](CO)[C@@H](O)[C@@H]2O)c(=O)n1.O=P(O)(O)O. The zero-order chi connectivity index (χ0) is 37.7. The van der Waals surface area contributed by atoms with Crippen molar-refractivity contribution in [1.82, 2.24) is 14.5 Å². The van der Waals surface area contributed by atoms with Crippen molar-refractivity contribution in [1.29, 1.82) is 0 Å². The van der Waals surface area contributed by atoms with Crippen LogP contribution < -0.4 is 16.2 Å². The number of nitrogens with zero attached hydrogens (tertiary/aromatic N) is 3. The van der Waals surface area contributed by atoms with Crippen molar-refractivity contribution in [2.24, 2.45) is 17.3 Å². The van der Waals surface area contributed by atoms with Crippen LogP contribution in [0.3, 0.4) is 0 Å². The monoisotopic (exact) mass is 780 g/mol. The molecule has 6 rings (SSSR count). The number of carbonyl (C=O) groups excluding carboxylic acids is 1. The summed E-state index contributed by atoms with van der Waals surface area (Å²) in [4.78, 5) is 50.5. The molecule has 51 heavy (non-hydrogen) atoms. The molecular formula is C32H47Cl2N4O12P. The molecule has 2 saturated carbocycles. The van der Waals surface area contributed by atoms with Crippen LogP contribution in [-0.4, -0.2) is 112 Å². The number of hydrogen-bond donors (Lipinski definition) is 8. The maximum Gasteiger partial charge on any atom is 0.466 e. The van der Waals surface area contributed by atoms with Crippen molar-refractivity contribution in [2.75, 3.05) is 37.2 Å². The topological polar surface area (TPSA) is 258 Å². The number of anilines is 1. The molecular weight excluding hydrogens is 734 g/mol. The molecule has 2 heterocycles. The van der Waals surface area contributed by atoms with Crippen LogP contribution in [-0.2, 0) is 15.7 Å². The van der Waals surface area contributed by atoms with Gasteiger partial charge in [-0.1, -0.05) is 13.0 Å². The number of ether oxygens (including phenoxy) is 2. The van der Waals surface area contributed by atoms with Gasteiger partial charge in [0.2, 0.25) is 0 Å². The first-order chi connectivity index (χ1) is 24.0. The van der Waals surface area contributed by atoms with E-state index in [0.717, 1.165) is 43.1 Å². The van der Waals surface area contributed by atoms with Gasteiger partial charge in [0.1, 0.15) is 29.9 Å². The van der Waals surface area contributed by atoms with Crippen molar-refractivity contribution < 1.29 is 53.9 Å². The normalized spacial score (nSPS) is 30.8. The summed E-state index contributed by atoms with van der Waals surface area (Å²) in [6.45, 7) is 2.70. The van der Waals surface area contributed by atoms with E-state index in [4.69, 9.17) is 62.8 Å². The summed E-state index contributed by atoms with van der Waals surface area (Å²) >= 11 is 11.6. The first kappa shape index (κ1) is 41.4. The number of aromatic nitrogens is 2. The van der Waals surface area contributed by atoms with Crippen LogP contribution in [0.2, 0.25) is 0 Å². The van der Waals surface area contributed by atoms with Gasteiger partial charge in [-0.25, -0.2) is 14.2 Å². The fourth-order valence-corrected chi connectivity index (χ4v) is 8.40. The van der Waals surface area contributed by atoms with Gasteiger partial charge in [0, 0.05) is 31.0 Å². The van der Waals surface area contributed by atoms with Crippen LogP contribution in [0.1, 0.15) is 62.3 Å². The lowest BCUT2D eigenvalue weighted by Gasteiger charge is -2.50. The van der Waals surface area contributed by atoms with E-state index in [-0.39, 0.29) is 17.3 Å². The molecule has 16 nitrogen and oxygen atoms in total. The molecule has 3 aliphatic carbocycles. The molecule has 1 amide bonds. The largest absolute Gasteiger partial charge is 0.466 e. The van der Waals surface area contributed by atoms with Crippen molar-refractivity contribution in [2.45, 2.75) is 82.0 Å². The third-order valence-electron chi connectivity index (χ3n) is 10.5. The molecule has 1 aromatic carbocycles. The molecule has 0 radical (unpaired) electrons. The second-order valence-electron chi connectivity index (χ2n) is 13.4. The average Bonchev–Trinajstić information content (AvgIpc) is 3.53. The number of carbonyl (C=O) groups is 1. The molecule has 0 spiro atoms. The second-order valence-corrected chi connectivity index (χ2v) is 15.2. The molecule has 19 heteroatoms. The Morgan fingerprint density at radius 1 is 1.10 bits per heavy atom. The summed E-state index contributed by atoms with van der Waals surface area (Å²) < 4.78 is 20.7. The lowest BCUT2D eigenvalue weighted by molar-refractivity contribution is -0.0549. The summed E-state index contributed by atoms with van der Waals surface area (Å²) in [6.07, 6.45) is 2.71. The van der Waals surface area contributed by atoms with E-state index in [1.807, 2.05) is 12.1 Å². The summed E-state index contributed by atoms with van der Waals surface area (Å²) in [6, 6.07) is 7.50. The Bertz CT molecular complexity index is 1590. The number of nitrogens with two attached hydrogens (primary N) is 1. The molecule has 1 aliphatic heterocycles. The Balaban J connectivity index is 0.000000224. The highest BCUT2D eigenvalue weighted by Gasteiger charge is 2.54. The number of halogens is 2. The summed E-state index contributed by atoms with van der Waals surface area (Å²) in [5.41, 5.74) is 7.45. The Labute approximate surface area is 305 Å². The minimum atomic E-state index is -4.64. The van der Waals surface area contributed by atoms with Crippen molar-refractivity contribution in [3.8, 4) is 5.75 Å². The number of fused-ring (bicyclic) bond motifs is 5. The third kappa shape index (κ3) is 10.0. The number of aryl methyl sites for hydroxylation is 1. The van der Waals surface area contributed by atoms with E-state index in [0.29, 0.717) is 48.4 Å². The van der Waals surface area contributed by atoms with Gasteiger partial charge in [-0.05, 0) is 91.0 Å². The number of aliphatic hydroxyl groups is 4. The standard InChI is InChI=1S/C23H31Cl2NO3.C9H13N3O5.H3O4P/c1-23-9-8-18-17-5-3-16(29-22(28)26(12-10-24)13-11-25)14-15(17)2-4-19(18)20(23)6-7-21(23)27;10-5-1-2-12(9(16)11-5)8-7(15)6(14)4(3-13)17-8;1-5(2,3)4/h3,5,14,18-21,27H,2,4,6-13H2,1H3;1-2,4,6-8,13-15H,3H2,(H2,10,11,16);(H3,1,2,3,4)/t18-,19-,20+,21+,23+;4-,6-,7+,8-;/m11./s1. The predicted octanol–water partition coefficient (Wildman–Crippen LogP) is 1.69. The van der Waals surface area contributed by atoms with Gasteiger partial charge in [-0.2, -0.15) is 4.98 Å². The maximum atomic E-state index is 12.4. The number of alkyl halides is 2. The number of aliphatic hydroxyl groups excluding tert-OH is 4. The second kappa shape index (κ2) is 17.7. The van der Waals surface area contributed by atoms with Crippen LogP contribution >= 0.6 is 31.0 Å². The van der Waals surface area contributed by atoms with E-state index in [2.05, 4.69) is 18.0 Å². The molecule has 9 atom stereocenters.